The van der Waals surface area contributed by atoms with Crippen LogP contribution in [0, 0.1) is 0 Å². The SMILES string of the molecule is C[C@@H]1CN(c2ccc(N)nc2)[C@@H](C)CN1C1COC1. The van der Waals surface area contributed by atoms with Crippen LogP contribution in [-0.2, 0) is 4.74 Å². The fourth-order valence-corrected chi connectivity index (χ4v) is 3.00. The van der Waals surface area contributed by atoms with Crippen LogP contribution < -0.4 is 10.6 Å². The summed E-state index contributed by atoms with van der Waals surface area (Å²) in [4.78, 5) is 9.20. The number of piperazine rings is 1. The molecule has 5 heteroatoms. The molecule has 0 aliphatic carbocycles. The highest BCUT2D eigenvalue weighted by Crippen LogP contribution is 2.26. The van der Waals surface area contributed by atoms with E-state index in [1.54, 1.807) is 0 Å². The van der Waals surface area contributed by atoms with E-state index in [1.165, 1.54) is 0 Å². The lowest BCUT2D eigenvalue weighted by Gasteiger charge is -2.50. The Labute approximate surface area is 114 Å². The van der Waals surface area contributed by atoms with Crippen molar-refractivity contribution in [2.45, 2.75) is 32.0 Å². The molecule has 3 heterocycles. The summed E-state index contributed by atoms with van der Waals surface area (Å²) in [5.74, 6) is 0.578. The van der Waals surface area contributed by atoms with Gasteiger partial charge in [0.2, 0.25) is 0 Å². The Balaban J connectivity index is 1.72. The predicted molar refractivity (Wildman–Crippen MR) is 76.2 cm³/mol. The van der Waals surface area contributed by atoms with E-state index in [0.717, 1.165) is 32.0 Å². The van der Waals surface area contributed by atoms with Gasteiger partial charge in [-0.25, -0.2) is 4.98 Å². The summed E-state index contributed by atoms with van der Waals surface area (Å²) in [7, 11) is 0. The first-order valence-electron chi connectivity index (χ1n) is 6.97. The summed E-state index contributed by atoms with van der Waals surface area (Å²) < 4.78 is 5.32. The molecule has 2 saturated heterocycles. The van der Waals surface area contributed by atoms with Gasteiger partial charge in [-0.05, 0) is 26.0 Å². The van der Waals surface area contributed by atoms with Crippen molar-refractivity contribution in [3.8, 4) is 0 Å². The van der Waals surface area contributed by atoms with E-state index in [9.17, 15) is 0 Å². The molecular formula is C14H22N4O. The lowest BCUT2D eigenvalue weighted by molar-refractivity contribution is -0.0828. The Kier molecular flexibility index (Phi) is 3.33. The highest BCUT2D eigenvalue weighted by atomic mass is 16.5. The lowest BCUT2D eigenvalue weighted by atomic mass is 10.0. The second kappa shape index (κ2) is 4.98. The van der Waals surface area contributed by atoms with E-state index in [0.29, 0.717) is 23.9 Å². The first-order valence-corrected chi connectivity index (χ1v) is 6.97. The van der Waals surface area contributed by atoms with Gasteiger partial charge in [0, 0.05) is 25.2 Å². The van der Waals surface area contributed by atoms with E-state index in [2.05, 4.69) is 34.7 Å². The van der Waals surface area contributed by atoms with Gasteiger partial charge in [0.15, 0.2) is 0 Å². The summed E-state index contributed by atoms with van der Waals surface area (Å²) in [5.41, 5.74) is 6.82. The molecule has 0 unspecified atom stereocenters. The largest absolute Gasteiger partial charge is 0.384 e. The number of nitrogens with zero attached hydrogens (tertiary/aromatic N) is 3. The maximum absolute atomic E-state index is 5.65. The summed E-state index contributed by atoms with van der Waals surface area (Å²) in [5, 5.41) is 0. The molecule has 0 aromatic carbocycles. The minimum atomic E-state index is 0.488. The van der Waals surface area contributed by atoms with Gasteiger partial charge in [-0.3, -0.25) is 4.90 Å². The number of hydrogen-bond acceptors (Lipinski definition) is 5. The second-order valence-corrected chi connectivity index (χ2v) is 5.68. The fourth-order valence-electron chi connectivity index (χ4n) is 3.00. The van der Waals surface area contributed by atoms with Crippen molar-refractivity contribution in [1.29, 1.82) is 0 Å². The Hall–Kier alpha value is -1.33. The van der Waals surface area contributed by atoms with Crippen molar-refractivity contribution >= 4 is 11.5 Å². The van der Waals surface area contributed by atoms with Crippen LogP contribution in [0.2, 0.25) is 0 Å². The molecule has 2 aliphatic rings. The lowest BCUT2D eigenvalue weighted by Crippen LogP contribution is -2.63. The minimum absolute atomic E-state index is 0.488. The molecule has 104 valence electrons. The van der Waals surface area contributed by atoms with Crippen molar-refractivity contribution < 1.29 is 4.74 Å². The molecule has 2 aliphatic heterocycles. The molecule has 0 saturated carbocycles. The van der Waals surface area contributed by atoms with Gasteiger partial charge >= 0.3 is 0 Å². The van der Waals surface area contributed by atoms with Gasteiger partial charge in [-0.1, -0.05) is 0 Å². The molecular weight excluding hydrogens is 240 g/mol. The number of nitrogen functional groups attached to an aromatic ring is 1. The first-order chi connectivity index (χ1) is 9.15. The van der Waals surface area contributed by atoms with E-state index in [1.807, 2.05) is 12.3 Å². The van der Waals surface area contributed by atoms with Crippen molar-refractivity contribution in [3.63, 3.8) is 0 Å². The Morgan fingerprint density at radius 2 is 2.00 bits per heavy atom. The monoisotopic (exact) mass is 262 g/mol. The van der Waals surface area contributed by atoms with Gasteiger partial charge in [-0.2, -0.15) is 0 Å². The van der Waals surface area contributed by atoms with Gasteiger partial charge in [0.1, 0.15) is 5.82 Å². The normalized spacial score (nSPS) is 29.3. The number of aromatic nitrogens is 1. The van der Waals surface area contributed by atoms with Crippen molar-refractivity contribution in [2.75, 3.05) is 36.9 Å². The minimum Gasteiger partial charge on any atom is -0.384 e. The molecule has 0 bridgehead atoms. The molecule has 2 N–H and O–H groups in total. The third-order valence-corrected chi connectivity index (χ3v) is 4.23. The molecule has 1 aromatic heterocycles. The van der Waals surface area contributed by atoms with E-state index in [-0.39, 0.29) is 0 Å². The second-order valence-electron chi connectivity index (χ2n) is 5.68. The Morgan fingerprint density at radius 1 is 1.21 bits per heavy atom. The average Bonchev–Trinajstić information content (AvgIpc) is 2.32. The predicted octanol–water partition coefficient (Wildman–Crippen LogP) is 0.962. The summed E-state index contributed by atoms with van der Waals surface area (Å²) in [6.45, 7) is 8.46. The average molecular weight is 262 g/mol. The van der Waals surface area contributed by atoms with Gasteiger partial charge in [0.25, 0.3) is 0 Å². The van der Waals surface area contributed by atoms with Crippen LogP contribution in [0.3, 0.4) is 0 Å². The fraction of sp³-hybridized carbons (Fsp3) is 0.643. The molecule has 0 radical (unpaired) electrons. The molecule has 2 fully saturated rings. The maximum atomic E-state index is 5.65. The zero-order chi connectivity index (χ0) is 13.4. The van der Waals surface area contributed by atoms with Crippen LogP contribution in [0.25, 0.3) is 0 Å². The molecule has 3 rings (SSSR count). The first kappa shape index (κ1) is 12.7. The third kappa shape index (κ3) is 2.40. The van der Waals surface area contributed by atoms with Gasteiger partial charge in [0.05, 0.1) is 31.1 Å². The zero-order valence-corrected chi connectivity index (χ0v) is 11.6. The number of anilines is 2. The standard InChI is InChI=1S/C14H22N4O/c1-10-7-18(13-8-19-9-13)11(2)6-17(10)12-3-4-14(15)16-5-12/h3-5,10-11,13H,6-9H2,1-2H3,(H2,15,16)/t10-,11+/m0/s1. The van der Waals surface area contributed by atoms with Crippen LogP contribution in [0.15, 0.2) is 18.3 Å². The van der Waals surface area contributed by atoms with Crippen molar-refractivity contribution in [1.82, 2.24) is 9.88 Å². The zero-order valence-electron chi connectivity index (χ0n) is 11.6. The molecule has 0 spiro atoms. The van der Waals surface area contributed by atoms with Gasteiger partial charge < -0.3 is 15.4 Å². The smallest absolute Gasteiger partial charge is 0.123 e. The van der Waals surface area contributed by atoms with E-state index < -0.39 is 0 Å². The molecule has 5 nitrogen and oxygen atoms in total. The van der Waals surface area contributed by atoms with Crippen molar-refractivity contribution in [3.05, 3.63) is 18.3 Å². The Morgan fingerprint density at radius 3 is 2.58 bits per heavy atom. The summed E-state index contributed by atoms with van der Waals surface area (Å²) in [6.07, 6.45) is 1.88. The Bertz CT molecular complexity index is 432. The quantitative estimate of drug-likeness (QED) is 0.860. The van der Waals surface area contributed by atoms with Crippen LogP contribution >= 0.6 is 0 Å². The maximum Gasteiger partial charge on any atom is 0.123 e. The number of rotatable bonds is 2. The molecule has 0 amide bonds. The van der Waals surface area contributed by atoms with Crippen LogP contribution in [0.1, 0.15) is 13.8 Å². The van der Waals surface area contributed by atoms with Crippen LogP contribution in [0.4, 0.5) is 11.5 Å². The highest BCUT2D eigenvalue weighted by molar-refractivity contribution is 5.49. The highest BCUT2D eigenvalue weighted by Gasteiger charge is 2.36. The molecule has 19 heavy (non-hydrogen) atoms. The van der Waals surface area contributed by atoms with E-state index >= 15 is 0 Å². The number of nitrogens with two attached hydrogens (primary N) is 1. The summed E-state index contributed by atoms with van der Waals surface area (Å²) >= 11 is 0. The number of hydrogen-bond donors (Lipinski definition) is 1. The van der Waals surface area contributed by atoms with Gasteiger partial charge in [-0.15, -0.1) is 0 Å². The number of pyridine rings is 1. The van der Waals surface area contributed by atoms with E-state index in [4.69, 9.17) is 10.5 Å². The van der Waals surface area contributed by atoms with Crippen LogP contribution in [-0.4, -0.2) is 54.3 Å². The third-order valence-electron chi connectivity index (χ3n) is 4.23. The summed E-state index contributed by atoms with van der Waals surface area (Å²) in [6, 6.07) is 5.58. The van der Waals surface area contributed by atoms with Crippen molar-refractivity contribution in [2.24, 2.45) is 0 Å². The molecule has 1 aromatic rings. The molecule has 2 atom stereocenters. The van der Waals surface area contributed by atoms with Crippen LogP contribution in [0.5, 0.6) is 0 Å². The topological polar surface area (TPSA) is 54.6 Å². The number of ether oxygens (including phenoxy) is 1.